The second-order valence-electron chi connectivity index (χ2n) is 6.90. The average molecular weight is 423 g/mol. The van der Waals surface area contributed by atoms with Crippen molar-refractivity contribution in [2.75, 3.05) is 5.32 Å². The molecule has 0 unspecified atom stereocenters. The molecule has 0 spiro atoms. The number of carbonyl (C=O) groups excluding carboxylic acids is 1. The van der Waals surface area contributed by atoms with Gasteiger partial charge in [0.15, 0.2) is 0 Å². The molecule has 8 heteroatoms. The Balaban J connectivity index is 1.73. The van der Waals surface area contributed by atoms with Gasteiger partial charge in [0.25, 0.3) is 5.56 Å². The Kier molecular flexibility index (Phi) is 5.33. The van der Waals surface area contributed by atoms with E-state index in [4.69, 9.17) is 0 Å². The summed E-state index contributed by atoms with van der Waals surface area (Å²) in [5, 5.41) is 4.45. The van der Waals surface area contributed by atoms with E-state index < -0.39 is 23.0 Å². The molecule has 152 valence electrons. The number of anilines is 1. The first kappa shape index (κ1) is 19.8. The molecule has 0 aliphatic heterocycles. The molecule has 1 amide bonds. The van der Waals surface area contributed by atoms with E-state index in [1.54, 1.807) is 23.6 Å². The van der Waals surface area contributed by atoms with E-state index in [1.807, 2.05) is 25.1 Å². The van der Waals surface area contributed by atoms with Crippen LogP contribution in [-0.2, 0) is 17.9 Å². The van der Waals surface area contributed by atoms with Crippen molar-refractivity contribution in [2.24, 2.45) is 0 Å². The van der Waals surface area contributed by atoms with Crippen LogP contribution in [-0.4, -0.2) is 15.0 Å². The molecule has 0 radical (unpaired) electrons. The number of hydrogen-bond acceptors (Lipinski definition) is 4. The number of carbonyl (C=O) groups is 1. The summed E-state index contributed by atoms with van der Waals surface area (Å²) in [6.45, 7) is 1.43. The van der Waals surface area contributed by atoms with Gasteiger partial charge in [0, 0.05) is 11.3 Å². The number of aromatic nitrogens is 2. The van der Waals surface area contributed by atoms with E-state index in [0.717, 1.165) is 10.1 Å². The molecule has 0 aliphatic rings. The molecule has 4 rings (SSSR count). The van der Waals surface area contributed by atoms with Gasteiger partial charge in [-0.3, -0.25) is 18.7 Å². The number of nitrogens with zero attached hydrogens (tertiary/aromatic N) is 2. The van der Waals surface area contributed by atoms with Gasteiger partial charge in [-0.1, -0.05) is 30.3 Å². The number of aryl methyl sites for hydroxylation is 1. The Bertz CT molecular complexity index is 1370. The first-order valence-electron chi connectivity index (χ1n) is 9.25. The van der Waals surface area contributed by atoms with E-state index in [1.165, 1.54) is 34.1 Å². The number of benzene rings is 2. The molecule has 4 aromatic rings. The molecule has 0 bridgehead atoms. The van der Waals surface area contributed by atoms with Crippen LogP contribution in [0.1, 0.15) is 11.1 Å². The van der Waals surface area contributed by atoms with Crippen LogP contribution in [0.3, 0.4) is 0 Å². The van der Waals surface area contributed by atoms with Crippen LogP contribution in [0.2, 0.25) is 0 Å². The van der Waals surface area contributed by atoms with Gasteiger partial charge in [0.1, 0.15) is 17.1 Å². The van der Waals surface area contributed by atoms with E-state index >= 15 is 0 Å². The first-order chi connectivity index (χ1) is 14.4. The first-order valence-corrected chi connectivity index (χ1v) is 10.1. The summed E-state index contributed by atoms with van der Waals surface area (Å²) in [5.74, 6) is -0.898. The molecule has 2 heterocycles. The molecule has 0 saturated heterocycles. The summed E-state index contributed by atoms with van der Waals surface area (Å²) in [6, 6.07) is 14.9. The Morgan fingerprint density at radius 1 is 1.07 bits per heavy atom. The number of nitrogens with one attached hydrogen (secondary N) is 1. The van der Waals surface area contributed by atoms with Gasteiger partial charge in [-0.15, -0.1) is 11.3 Å². The van der Waals surface area contributed by atoms with Crippen molar-refractivity contribution in [1.82, 2.24) is 9.13 Å². The SMILES string of the molecule is Cc1cccc(NC(=O)Cn2c(=O)n(Cc3ccccc3F)c(=O)c3sccc32)c1. The number of amides is 1. The van der Waals surface area contributed by atoms with Crippen LogP contribution >= 0.6 is 11.3 Å². The fourth-order valence-corrected chi connectivity index (χ4v) is 4.13. The second kappa shape index (κ2) is 8.08. The Hall–Kier alpha value is -3.52. The maximum atomic E-state index is 14.1. The lowest BCUT2D eigenvalue weighted by atomic mass is 10.2. The zero-order chi connectivity index (χ0) is 21.3. The van der Waals surface area contributed by atoms with Crippen LogP contribution < -0.4 is 16.6 Å². The Labute approximate surface area is 174 Å². The fraction of sp³-hybridized carbons (Fsp3) is 0.136. The number of fused-ring (bicyclic) bond motifs is 1. The smallest absolute Gasteiger partial charge is 0.325 e. The molecule has 6 nitrogen and oxygen atoms in total. The molecule has 1 N–H and O–H groups in total. The number of thiophene rings is 1. The van der Waals surface area contributed by atoms with Crippen molar-refractivity contribution in [3.05, 3.63) is 97.8 Å². The monoisotopic (exact) mass is 423 g/mol. The summed E-state index contributed by atoms with van der Waals surface area (Å²) in [5.41, 5.74) is 1.07. The molecular formula is C22H18FN3O3S. The number of rotatable bonds is 5. The van der Waals surface area contributed by atoms with Crippen LogP contribution in [0.25, 0.3) is 10.2 Å². The third-order valence-electron chi connectivity index (χ3n) is 4.73. The minimum absolute atomic E-state index is 0.211. The van der Waals surface area contributed by atoms with Crippen molar-refractivity contribution in [1.29, 1.82) is 0 Å². The molecule has 30 heavy (non-hydrogen) atoms. The highest BCUT2D eigenvalue weighted by Crippen LogP contribution is 2.16. The van der Waals surface area contributed by atoms with Gasteiger partial charge < -0.3 is 5.32 Å². The summed E-state index contributed by atoms with van der Waals surface area (Å²) < 4.78 is 16.7. The Morgan fingerprint density at radius 2 is 1.87 bits per heavy atom. The highest BCUT2D eigenvalue weighted by atomic mass is 32.1. The normalized spacial score (nSPS) is 11.0. The van der Waals surface area contributed by atoms with Crippen LogP contribution in [0, 0.1) is 12.7 Å². The van der Waals surface area contributed by atoms with Crippen LogP contribution in [0.4, 0.5) is 10.1 Å². The maximum Gasteiger partial charge on any atom is 0.332 e. The van der Waals surface area contributed by atoms with Crippen LogP contribution in [0.5, 0.6) is 0 Å². The number of halogens is 1. The molecule has 0 aliphatic carbocycles. The zero-order valence-corrected chi connectivity index (χ0v) is 16.9. The molecule has 2 aromatic heterocycles. The van der Waals surface area contributed by atoms with Gasteiger partial charge in [-0.05, 0) is 42.1 Å². The minimum Gasteiger partial charge on any atom is -0.325 e. The summed E-state index contributed by atoms with van der Waals surface area (Å²) >= 11 is 1.18. The van der Waals surface area contributed by atoms with Gasteiger partial charge >= 0.3 is 5.69 Å². The maximum absolute atomic E-state index is 14.1. The highest BCUT2D eigenvalue weighted by Gasteiger charge is 2.17. The third-order valence-corrected chi connectivity index (χ3v) is 5.62. The zero-order valence-electron chi connectivity index (χ0n) is 16.1. The topological polar surface area (TPSA) is 73.1 Å². The summed E-state index contributed by atoms with van der Waals surface area (Å²) in [6.07, 6.45) is 0. The Morgan fingerprint density at radius 3 is 2.63 bits per heavy atom. The van der Waals surface area contributed by atoms with Gasteiger partial charge in [0.05, 0.1) is 12.1 Å². The van der Waals surface area contributed by atoms with Crippen molar-refractivity contribution in [2.45, 2.75) is 20.0 Å². The lowest BCUT2D eigenvalue weighted by molar-refractivity contribution is -0.116. The van der Waals surface area contributed by atoms with E-state index in [-0.39, 0.29) is 18.7 Å². The standard InChI is InChI=1S/C22H18FN3O3S/c1-14-5-4-7-16(11-14)24-19(27)13-25-18-9-10-30-20(18)21(28)26(22(25)29)12-15-6-2-3-8-17(15)23/h2-11H,12-13H2,1H3,(H,24,27). The predicted octanol–water partition coefficient (Wildman–Crippen LogP) is 3.36. The van der Waals surface area contributed by atoms with Crippen LogP contribution in [0.15, 0.2) is 69.6 Å². The largest absolute Gasteiger partial charge is 0.332 e. The van der Waals surface area contributed by atoms with Crippen molar-refractivity contribution in [3.8, 4) is 0 Å². The van der Waals surface area contributed by atoms with Crippen molar-refractivity contribution >= 4 is 33.1 Å². The molecule has 2 aromatic carbocycles. The van der Waals surface area contributed by atoms with Crippen molar-refractivity contribution < 1.29 is 9.18 Å². The van der Waals surface area contributed by atoms with E-state index in [2.05, 4.69) is 5.32 Å². The van der Waals surface area contributed by atoms with Gasteiger partial charge in [0.2, 0.25) is 5.91 Å². The fourth-order valence-electron chi connectivity index (χ4n) is 3.29. The third kappa shape index (κ3) is 3.81. The van der Waals surface area contributed by atoms with E-state index in [0.29, 0.717) is 15.9 Å². The second-order valence-corrected chi connectivity index (χ2v) is 7.82. The van der Waals surface area contributed by atoms with Crippen molar-refractivity contribution in [3.63, 3.8) is 0 Å². The number of hydrogen-bond donors (Lipinski definition) is 1. The van der Waals surface area contributed by atoms with Gasteiger partial charge in [-0.2, -0.15) is 0 Å². The molecule has 0 saturated carbocycles. The molecular weight excluding hydrogens is 405 g/mol. The quantitative estimate of drug-likeness (QED) is 0.535. The van der Waals surface area contributed by atoms with E-state index in [9.17, 15) is 18.8 Å². The van der Waals surface area contributed by atoms with Gasteiger partial charge in [-0.25, -0.2) is 9.18 Å². The minimum atomic E-state index is -0.659. The highest BCUT2D eigenvalue weighted by molar-refractivity contribution is 7.17. The lowest BCUT2D eigenvalue weighted by Gasteiger charge is -2.13. The lowest BCUT2D eigenvalue weighted by Crippen LogP contribution is -2.41. The summed E-state index contributed by atoms with van der Waals surface area (Å²) in [7, 11) is 0. The molecule has 0 fully saturated rings. The molecule has 0 atom stereocenters. The average Bonchev–Trinajstić information content (AvgIpc) is 3.20. The predicted molar refractivity (Wildman–Crippen MR) is 116 cm³/mol. The summed E-state index contributed by atoms with van der Waals surface area (Å²) in [4.78, 5) is 38.5.